The molecule has 0 amide bonds. The van der Waals surface area contributed by atoms with Gasteiger partial charge in [0.05, 0.1) is 22.8 Å². The van der Waals surface area contributed by atoms with E-state index < -0.39 is 15.1 Å². The van der Waals surface area contributed by atoms with Crippen molar-refractivity contribution >= 4 is 55.7 Å². The van der Waals surface area contributed by atoms with Crippen LogP contribution in [0.15, 0.2) is 46.1 Å². The normalized spacial score (nSPS) is 11.5. The van der Waals surface area contributed by atoms with E-state index in [-0.39, 0.29) is 21.1 Å². The lowest BCUT2D eigenvalue weighted by molar-refractivity contribution is 0.260. The van der Waals surface area contributed by atoms with Crippen LogP contribution in [0.2, 0.25) is 5.02 Å². The number of hydrazine groups is 1. The van der Waals surface area contributed by atoms with Crippen LogP contribution in [-0.2, 0) is 9.84 Å². The number of rotatable bonds is 7. The predicted octanol–water partition coefficient (Wildman–Crippen LogP) is 3.37. The molecule has 29 heavy (non-hydrogen) atoms. The fourth-order valence-corrected chi connectivity index (χ4v) is 5.10. The van der Waals surface area contributed by atoms with Gasteiger partial charge in [0.1, 0.15) is 14.9 Å². The molecule has 9 nitrogen and oxygen atoms in total. The summed E-state index contributed by atoms with van der Waals surface area (Å²) in [7, 11) is -3.47. The number of nitrogens with zero attached hydrogens (tertiary/aromatic N) is 3. The molecule has 2 heterocycles. The molecule has 5 N–H and O–H groups in total. The van der Waals surface area contributed by atoms with E-state index in [1.165, 1.54) is 6.20 Å². The van der Waals surface area contributed by atoms with Crippen molar-refractivity contribution in [1.29, 1.82) is 0 Å². The molecule has 2 aromatic heterocycles. The van der Waals surface area contributed by atoms with Crippen molar-refractivity contribution < 1.29 is 13.3 Å². The Balaban J connectivity index is 1.86. The summed E-state index contributed by atoms with van der Waals surface area (Å²) >= 11 is 7.28. The maximum atomic E-state index is 12.5. The van der Waals surface area contributed by atoms with Crippen LogP contribution in [0.3, 0.4) is 0 Å². The number of para-hydroxylation sites is 2. The lowest BCUT2D eigenvalue weighted by Crippen LogP contribution is -2.35. The Morgan fingerprint density at radius 3 is 2.69 bits per heavy atom. The van der Waals surface area contributed by atoms with Crippen molar-refractivity contribution in [3.63, 3.8) is 0 Å². The van der Waals surface area contributed by atoms with Gasteiger partial charge in [-0.15, -0.1) is 16.5 Å². The highest BCUT2D eigenvalue weighted by molar-refractivity contribution is 7.94. The molecular weight excluding hydrogens is 436 g/mol. The molecule has 0 aliphatic heterocycles. The van der Waals surface area contributed by atoms with Gasteiger partial charge < -0.3 is 15.9 Å². The Hall–Kier alpha value is -2.60. The van der Waals surface area contributed by atoms with E-state index in [2.05, 4.69) is 15.3 Å². The van der Waals surface area contributed by atoms with Gasteiger partial charge >= 0.3 is 6.01 Å². The number of sulfone groups is 1. The highest BCUT2D eigenvalue weighted by atomic mass is 35.5. The van der Waals surface area contributed by atoms with Crippen LogP contribution in [-0.4, -0.2) is 23.6 Å². The zero-order valence-electron chi connectivity index (χ0n) is 15.5. The van der Waals surface area contributed by atoms with Gasteiger partial charge in [-0.1, -0.05) is 23.7 Å². The quantitative estimate of drug-likeness (QED) is 0.278. The monoisotopic (exact) mass is 454 g/mol. The number of aromatic nitrogens is 2. The lowest BCUT2D eigenvalue weighted by Gasteiger charge is -2.19. The zero-order chi connectivity index (χ0) is 21.2. The third-order valence-corrected chi connectivity index (χ3v) is 7.78. The Kier molecular flexibility index (Phi) is 6.13. The van der Waals surface area contributed by atoms with Gasteiger partial charge in [-0.2, -0.15) is 4.98 Å². The number of anilines is 4. The zero-order valence-corrected chi connectivity index (χ0v) is 17.9. The van der Waals surface area contributed by atoms with Crippen molar-refractivity contribution in [2.75, 3.05) is 16.2 Å². The predicted molar refractivity (Wildman–Crippen MR) is 115 cm³/mol. The SMILES string of the molecule is CC(C)S(=O)(=O)c1sccc1Nc1nc(ON(N)c2ccccc2N)ncc1Cl. The standard InChI is InChI=1S/C17H19ClN6O3S2/c1-10(2)29(25,26)16-13(7-8-28-16)22-15-11(18)9-21-17(23-15)27-24(20)14-6-4-3-5-12(14)19/h3-10H,19-20H2,1-2H3,(H,21,22,23). The second kappa shape index (κ2) is 8.41. The van der Waals surface area contributed by atoms with E-state index in [0.717, 1.165) is 16.5 Å². The largest absolute Gasteiger partial charge is 0.397 e. The first-order chi connectivity index (χ1) is 13.7. The van der Waals surface area contributed by atoms with E-state index in [0.29, 0.717) is 17.1 Å². The molecule has 0 aliphatic rings. The summed E-state index contributed by atoms with van der Waals surface area (Å²) in [4.78, 5) is 13.6. The van der Waals surface area contributed by atoms with E-state index in [4.69, 9.17) is 28.0 Å². The second-order valence-electron chi connectivity index (χ2n) is 6.17. The van der Waals surface area contributed by atoms with E-state index in [1.807, 2.05) is 0 Å². The summed E-state index contributed by atoms with van der Waals surface area (Å²) in [6, 6.07) is 8.37. The fourth-order valence-electron chi connectivity index (χ4n) is 2.26. The number of halogens is 1. The van der Waals surface area contributed by atoms with Crippen LogP contribution in [0.1, 0.15) is 13.8 Å². The lowest BCUT2D eigenvalue weighted by atomic mass is 10.3. The highest BCUT2D eigenvalue weighted by Crippen LogP contribution is 2.34. The van der Waals surface area contributed by atoms with Crippen LogP contribution in [0, 0.1) is 0 Å². The summed E-state index contributed by atoms with van der Waals surface area (Å²) in [5.41, 5.74) is 7.06. The molecule has 0 unspecified atom stereocenters. The van der Waals surface area contributed by atoms with Crippen LogP contribution in [0.25, 0.3) is 0 Å². The molecule has 1 aromatic carbocycles. The van der Waals surface area contributed by atoms with Crippen molar-refractivity contribution in [2.45, 2.75) is 23.3 Å². The van der Waals surface area contributed by atoms with Crippen LogP contribution in [0.4, 0.5) is 22.9 Å². The first-order valence-electron chi connectivity index (χ1n) is 8.38. The molecule has 3 rings (SSSR count). The Morgan fingerprint density at radius 1 is 1.28 bits per heavy atom. The average Bonchev–Trinajstić information content (AvgIpc) is 3.13. The van der Waals surface area contributed by atoms with Crippen molar-refractivity contribution in [3.05, 3.63) is 46.9 Å². The van der Waals surface area contributed by atoms with Gasteiger partial charge in [0.15, 0.2) is 15.7 Å². The molecule has 0 saturated heterocycles. The van der Waals surface area contributed by atoms with Crippen LogP contribution in [0.5, 0.6) is 6.01 Å². The second-order valence-corrected chi connectivity index (χ2v) is 10.2. The molecule has 0 aliphatic carbocycles. The Bertz CT molecular complexity index is 1120. The maximum absolute atomic E-state index is 12.5. The number of nitrogen functional groups attached to an aromatic ring is 1. The highest BCUT2D eigenvalue weighted by Gasteiger charge is 2.25. The Labute approximate surface area is 177 Å². The molecule has 3 aromatic rings. The number of benzene rings is 1. The Morgan fingerprint density at radius 2 is 2.00 bits per heavy atom. The van der Waals surface area contributed by atoms with Crippen LogP contribution < -0.4 is 26.9 Å². The molecule has 0 atom stereocenters. The van der Waals surface area contributed by atoms with Crippen molar-refractivity contribution in [1.82, 2.24) is 9.97 Å². The van der Waals surface area contributed by atoms with E-state index >= 15 is 0 Å². The van der Waals surface area contributed by atoms with Gasteiger partial charge in [0.2, 0.25) is 0 Å². The topological polar surface area (TPSA) is 136 Å². The summed E-state index contributed by atoms with van der Waals surface area (Å²) in [5, 5.41) is 5.15. The van der Waals surface area contributed by atoms with Crippen LogP contribution >= 0.6 is 22.9 Å². The smallest absolute Gasteiger partial charge is 0.346 e. The molecule has 0 radical (unpaired) electrons. The number of thiophene rings is 1. The summed E-state index contributed by atoms with van der Waals surface area (Å²) in [6.07, 6.45) is 1.32. The molecule has 0 fully saturated rings. The number of hydrogen-bond donors (Lipinski definition) is 3. The minimum Gasteiger partial charge on any atom is -0.397 e. The molecule has 0 spiro atoms. The molecule has 154 valence electrons. The third-order valence-electron chi connectivity index (χ3n) is 3.84. The number of hydrogen-bond acceptors (Lipinski definition) is 10. The van der Waals surface area contributed by atoms with Gasteiger partial charge in [-0.25, -0.2) is 19.2 Å². The van der Waals surface area contributed by atoms with Gasteiger partial charge in [0, 0.05) is 0 Å². The number of nitrogens with two attached hydrogens (primary N) is 2. The van der Waals surface area contributed by atoms with Gasteiger partial charge in [-0.05, 0) is 37.4 Å². The third kappa shape index (κ3) is 4.53. The van der Waals surface area contributed by atoms with Crippen molar-refractivity contribution in [3.8, 4) is 6.01 Å². The molecular formula is C17H19ClN6O3S2. The summed E-state index contributed by atoms with van der Waals surface area (Å²) < 4.78 is 25.3. The maximum Gasteiger partial charge on any atom is 0.346 e. The minimum absolute atomic E-state index is 0.105. The van der Waals surface area contributed by atoms with Gasteiger partial charge in [-0.3, -0.25) is 0 Å². The average molecular weight is 455 g/mol. The van der Waals surface area contributed by atoms with E-state index in [9.17, 15) is 8.42 Å². The van der Waals surface area contributed by atoms with Gasteiger partial charge in [0.25, 0.3) is 0 Å². The first-order valence-corrected chi connectivity index (χ1v) is 11.2. The summed E-state index contributed by atoms with van der Waals surface area (Å²) in [6.45, 7) is 3.24. The summed E-state index contributed by atoms with van der Waals surface area (Å²) in [5.74, 6) is 6.06. The van der Waals surface area contributed by atoms with E-state index in [1.54, 1.807) is 49.6 Å². The molecule has 12 heteroatoms. The number of nitrogens with one attached hydrogen (secondary N) is 1. The fraction of sp³-hybridized carbons (Fsp3) is 0.176. The van der Waals surface area contributed by atoms with Crippen molar-refractivity contribution in [2.24, 2.45) is 5.84 Å². The molecule has 0 saturated carbocycles. The minimum atomic E-state index is -3.47. The molecule has 0 bridgehead atoms. The first kappa shape index (κ1) is 21.1.